The van der Waals surface area contributed by atoms with Crippen LogP contribution in [0.5, 0.6) is 0 Å². The predicted molar refractivity (Wildman–Crippen MR) is 78.0 cm³/mol. The van der Waals surface area contributed by atoms with Crippen molar-refractivity contribution in [1.29, 1.82) is 0 Å². The number of nitrogens with zero attached hydrogens (tertiary/aromatic N) is 1. The van der Waals surface area contributed by atoms with Crippen molar-refractivity contribution in [2.75, 3.05) is 19.8 Å². The van der Waals surface area contributed by atoms with E-state index < -0.39 is 5.79 Å². The Kier molecular flexibility index (Phi) is 3.56. The summed E-state index contributed by atoms with van der Waals surface area (Å²) in [7, 11) is 0. The second kappa shape index (κ2) is 5.19. The van der Waals surface area contributed by atoms with Crippen LogP contribution in [0.4, 0.5) is 0 Å². The van der Waals surface area contributed by atoms with Crippen LogP contribution in [0.25, 0.3) is 0 Å². The zero-order valence-corrected chi connectivity index (χ0v) is 12.0. The fourth-order valence-corrected chi connectivity index (χ4v) is 3.37. The molecular formula is C15H19NO2S. The molecule has 0 aromatic heterocycles. The van der Waals surface area contributed by atoms with Crippen molar-refractivity contribution in [1.82, 2.24) is 4.90 Å². The Morgan fingerprint density at radius 3 is 2.53 bits per heavy atom. The van der Waals surface area contributed by atoms with E-state index in [0.717, 1.165) is 18.0 Å². The van der Waals surface area contributed by atoms with Crippen LogP contribution in [0.2, 0.25) is 0 Å². The van der Waals surface area contributed by atoms with Gasteiger partial charge in [-0.2, -0.15) is 0 Å². The molecule has 2 saturated heterocycles. The Labute approximate surface area is 119 Å². The van der Waals surface area contributed by atoms with Crippen molar-refractivity contribution in [2.45, 2.75) is 31.6 Å². The third kappa shape index (κ3) is 2.53. The van der Waals surface area contributed by atoms with E-state index in [1.165, 1.54) is 5.56 Å². The van der Waals surface area contributed by atoms with Gasteiger partial charge in [-0.25, -0.2) is 0 Å². The molecule has 0 amide bonds. The van der Waals surface area contributed by atoms with Gasteiger partial charge in [-0.15, -0.1) is 0 Å². The summed E-state index contributed by atoms with van der Waals surface area (Å²) in [5, 5.41) is 0. The van der Waals surface area contributed by atoms with E-state index in [9.17, 15) is 0 Å². The Balaban J connectivity index is 1.72. The van der Waals surface area contributed by atoms with Gasteiger partial charge in [0.1, 0.15) is 0 Å². The first-order valence-electron chi connectivity index (χ1n) is 6.83. The molecule has 0 aliphatic carbocycles. The number of rotatable bonds is 2. The lowest BCUT2D eigenvalue weighted by Crippen LogP contribution is -2.48. The molecule has 2 aliphatic heterocycles. The van der Waals surface area contributed by atoms with Gasteiger partial charge in [-0.3, -0.25) is 0 Å². The Morgan fingerprint density at radius 1 is 1.21 bits per heavy atom. The Bertz CT molecular complexity index is 456. The molecular weight excluding hydrogens is 258 g/mol. The molecule has 3 nitrogen and oxygen atoms in total. The van der Waals surface area contributed by atoms with Gasteiger partial charge in [0.2, 0.25) is 0 Å². The lowest BCUT2D eigenvalue weighted by molar-refractivity contribution is -0.165. The van der Waals surface area contributed by atoms with Crippen LogP contribution in [0.15, 0.2) is 30.3 Å². The number of hydrogen-bond acceptors (Lipinski definition) is 3. The van der Waals surface area contributed by atoms with Gasteiger partial charge in [-0.05, 0) is 12.5 Å². The quantitative estimate of drug-likeness (QED) is 0.775. The first kappa shape index (κ1) is 13.0. The van der Waals surface area contributed by atoms with E-state index in [0.29, 0.717) is 25.7 Å². The highest BCUT2D eigenvalue weighted by molar-refractivity contribution is 7.80. The largest absolute Gasteiger partial charge is 0.359 e. The van der Waals surface area contributed by atoms with Crippen LogP contribution in [0.1, 0.15) is 31.4 Å². The SMILES string of the molecule is C[C@@H](c1ccccc1)N1CCC2(CC1=S)OCCO2. The third-order valence-corrected chi connectivity index (χ3v) is 4.42. The van der Waals surface area contributed by atoms with Crippen LogP contribution in [0.3, 0.4) is 0 Å². The summed E-state index contributed by atoms with van der Waals surface area (Å²) >= 11 is 5.58. The van der Waals surface area contributed by atoms with E-state index in [1.54, 1.807) is 0 Å². The average molecular weight is 277 g/mol. The van der Waals surface area contributed by atoms with E-state index in [4.69, 9.17) is 21.7 Å². The highest BCUT2D eigenvalue weighted by atomic mass is 32.1. The van der Waals surface area contributed by atoms with Crippen molar-refractivity contribution < 1.29 is 9.47 Å². The minimum Gasteiger partial charge on any atom is -0.359 e. The minimum absolute atomic E-state index is 0.312. The molecule has 3 rings (SSSR count). The maximum atomic E-state index is 5.75. The number of likely N-dealkylation sites (tertiary alicyclic amines) is 1. The maximum Gasteiger partial charge on any atom is 0.176 e. The average Bonchev–Trinajstić information content (AvgIpc) is 2.87. The molecule has 102 valence electrons. The maximum absolute atomic E-state index is 5.75. The number of benzene rings is 1. The highest BCUT2D eigenvalue weighted by Gasteiger charge is 2.43. The van der Waals surface area contributed by atoms with Gasteiger partial charge in [0.05, 0.1) is 30.7 Å². The van der Waals surface area contributed by atoms with Crippen LogP contribution in [-0.4, -0.2) is 35.4 Å². The van der Waals surface area contributed by atoms with Crippen LogP contribution in [0, 0.1) is 0 Å². The van der Waals surface area contributed by atoms with Gasteiger partial charge in [-0.1, -0.05) is 42.5 Å². The molecule has 4 heteroatoms. The fourth-order valence-electron chi connectivity index (χ4n) is 2.90. The number of thiocarbonyl (C=S) groups is 1. The smallest absolute Gasteiger partial charge is 0.176 e. The van der Waals surface area contributed by atoms with Gasteiger partial charge in [0, 0.05) is 13.0 Å². The molecule has 1 aromatic carbocycles. The Morgan fingerprint density at radius 2 is 1.89 bits per heavy atom. The molecule has 2 aliphatic rings. The molecule has 1 spiro atoms. The van der Waals surface area contributed by atoms with Crippen LogP contribution >= 0.6 is 12.2 Å². The summed E-state index contributed by atoms with van der Waals surface area (Å²) in [5.74, 6) is -0.427. The number of hydrogen-bond donors (Lipinski definition) is 0. The van der Waals surface area contributed by atoms with Crippen LogP contribution < -0.4 is 0 Å². The first-order valence-corrected chi connectivity index (χ1v) is 7.23. The summed E-state index contributed by atoms with van der Waals surface area (Å²) in [6.07, 6.45) is 1.60. The van der Waals surface area contributed by atoms with E-state index in [-0.39, 0.29) is 0 Å². The van der Waals surface area contributed by atoms with E-state index in [2.05, 4.69) is 36.1 Å². The molecule has 0 unspecified atom stereocenters. The minimum atomic E-state index is -0.427. The standard InChI is InChI=1S/C15H19NO2S/c1-12(13-5-3-2-4-6-13)16-8-7-15(11-14(16)19)17-9-10-18-15/h2-6,12H,7-11H2,1H3/t12-/m0/s1. The van der Waals surface area contributed by atoms with Gasteiger partial charge < -0.3 is 14.4 Å². The van der Waals surface area contributed by atoms with E-state index >= 15 is 0 Å². The summed E-state index contributed by atoms with van der Waals surface area (Å²) in [6.45, 7) is 4.48. The molecule has 0 N–H and O–H groups in total. The molecule has 1 atom stereocenters. The Hall–Kier alpha value is -0.970. The van der Waals surface area contributed by atoms with Crippen molar-refractivity contribution in [3.8, 4) is 0 Å². The number of ether oxygens (including phenoxy) is 2. The summed E-state index contributed by atoms with van der Waals surface area (Å²) in [5.41, 5.74) is 1.30. The van der Waals surface area contributed by atoms with Gasteiger partial charge in [0.25, 0.3) is 0 Å². The molecule has 19 heavy (non-hydrogen) atoms. The molecule has 2 heterocycles. The second-order valence-corrected chi connectivity index (χ2v) is 5.68. The highest BCUT2D eigenvalue weighted by Crippen LogP contribution is 2.35. The van der Waals surface area contributed by atoms with Crippen molar-refractivity contribution in [2.24, 2.45) is 0 Å². The summed E-state index contributed by atoms with van der Waals surface area (Å²) < 4.78 is 11.5. The summed E-state index contributed by atoms with van der Waals surface area (Å²) in [6, 6.07) is 10.8. The zero-order valence-electron chi connectivity index (χ0n) is 11.2. The van der Waals surface area contributed by atoms with Crippen LogP contribution in [-0.2, 0) is 9.47 Å². The van der Waals surface area contributed by atoms with Crippen molar-refractivity contribution >= 4 is 17.2 Å². The summed E-state index contributed by atoms with van der Waals surface area (Å²) in [4.78, 5) is 3.24. The molecule has 0 radical (unpaired) electrons. The van der Waals surface area contributed by atoms with Gasteiger partial charge in [0.15, 0.2) is 5.79 Å². The molecule has 0 saturated carbocycles. The lowest BCUT2D eigenvalue weighted by Gasteiger charge is -2.42. The predicted octanol–water partition coefficient (Wildman–Crippen LogP) is 2.91. The topological polar surface area (TPSA) is 21.7 Å². The monoisotopic (exact) mass is 277 g/mol. The normalized spacial score (nSPS) is 23.8. The fraction of sp³-hybridized carbons (Fsp3) is 0.533. The lowest BCUT2D eigenvalue weighted by atomic mass is 9.99. The van der Waals surface area contributed by atoms with E-state index in [1.807, 2.05) is 6.07 Å². The van der Waals surface area contributed by atoms with Crippen molar-refractivity contribution in [3.05, 3.63) is 35.9 Å². The third-order valence-electron chi connectivity index (χ3n) is 4.04. The molecule has 0 bridgehead atoms. The van der Waals surface area contributed by atoms with Crippen molar-refractivity contribution in [3.63, 3.8) is 0 Å². The second-order valence-electron chi connectivity index (χ2n) is 5.21. The molecule has 1 aromatic rings. The van der Waals surface area contributed by atoms with Gasteiger partial charge >= 0.3 is 0 Å². The molecule has 2 fully saturated rings. The zero-order chi connectivity index (χ0) is 13.3. The first-order chi connectivity index (χ1) is 9.20. The number of piperidine rings is 1.